The van der Waals surface area contributed by atoms with Gasteiger partial charge in [-0.15, -0.1) is 11.3 Å². The van der Waals surface area contributed by atoms with Crippen LogP contribution in [0.5, 0.6) is 0 Å². The van der Waals surface area contributed by atoms with Crippen molar-refractivity contribution in [2.75, 3.05) is 5.43 Å². The fraction of sp³-hybridized carbons (Fsp3) is 0.211. The Bertz CT molecular complexity index is 954. The van der Waals surface area contributed by atoms with Gasteiger partial charge in [0, 0.05) is 4.88 Å². The van der Waals surface area contributed by atoms with Crippen molar-refractivity contribution in [3.8, 4) is 10.4 Å². The van der Waals surface area contributed by atoms with Gasteiger partial charge in [-0.3, -0.25) is 5.43 Å². The minimum absolute atomic E-state index is 0.754. The Hall–Kier alpha value is -2.53. The molecule has 0 saturated carbocycles. The molecule has 3 aromatic rings. The maximum Gasteiger partial charge on any atom is 0.158 e. The highest BCUT2D eigenvalue weighted by molar-refractivity contribution is 7.21. The lowest BCUT2D eigenvalue weighted by molar-refractivity contribution is 1.05. The number of allylic oxidation sites excluding steroid dienone is 2. The lowest BCUT2D eigenvalue weighted by atomic mass is 10.2. The molecule has 1 N–H and O–H groups in total. The molecule has 5 heteroatoms. The Kier molecular flexibility index (Phi) is 3.86. The Morgan fingerprint density at radius 3 is 2.67 bits per heavy atom. The van der Waals surface area contributed by atoms with Gasteiger partial charge in [-0.05, 0) is 44.4 Å². The fourth-order valence-corrected chi connectivity index (χ4v) is 3.91. The monoisotopic (exact) mass is 334 g/mol. The van der Waals surface area contributed by atoms with Crippen LogP contribution in [-0.4, -0.2) is 15.7 Å². The number of anilines is 1. The fourth-order valence-electron chi connectivity index (χ4n) is 2.82. The molecule has 0 fully saturated rings. The number of hydrogen-bond acceptors (Lipinski definition) is 5. The van der Waals surface area contributed by atoms with Crippen LogP contribution in [0.15, 0.2) is 53.1 Å². The van der Waals surface area contributed by atoms with E-state index in [1.54, 1.807) is 11.3 Å². The molecule has 0 amide bonds. The number of hydrazone groups is 1. The van der Waals surface area contributed by atoms with Crippen LogP contribution in [0.3, 0.4) is 0 Å². The van der Waals surface area contributed by atoms with E-state index in [1.165, 1.54) is 16.0 Å². The first kappa shape index (κ1) is 15.0. The molecule has 0 bridgehead atoms. The van der Waals surface area contributed by atoms with E-state index in [1.807, 2.05) is 13.0 Å². The summed E-state index contributed by atoms with van der Waals surface area (Å²) in [6.07, 6.45) is 4.22. The number of fused-ring (bicyclic) bond motifs is 1. The van der Waals surface area contributed by atoms with Crippen molar-refractivity contribution in [1.29, 1.82) is 0 Å². The van der Waals surface area contributed by atoms with Gasteiger partial charge in [0.05, 0.1) is 11.1 Å². The number of benzene rings is 1. The number of aromatic nitrogens is 2. The van der Waals surface area contributed by atoms with Gasteiger partial charge >= 0.3 is 0 Å². The van der Waals surface area contributed by atoms with Gasteiger partial charge < -0.3 is 0 Å². The molecule has 2 heterocycles. The van der Waals surface area contributed by atoms with Crippen LogP contribution >= 0.6 is 11.3 Å². The Labute approximate surface area is 145 Å². The predicted octanol–water partition coefficient (Wildman–Crippen LogP) is 5.17. The maximum atomic E-state index is 4.58. The highest BCUT2D eigenvalue weighted by atomic mass is 32.1. The summed E-state index contributed by atoms with van der Waals surface area (Å²) in [5, 5.41) is 5.54. The molecule has 4 rings (SSSR count). The van der Waals surface area contributed by atoms with Crippen molar-refractivity contribution in [2.45, 2.75) is 26.7 Å². The van der Waals surface area contributed by atoms with E-state index in [0.29, 0.717) is 0 Å². The van der Waals surface area contributed by atoms with Crippen LogP contribution < -0.4 is 5.43 Å². The Morgan fingerprint density at radius 2 is 1.92 bits per heavy atom. The molecule has 120 valence electrons. The molecule has 0 saturated heterocycles. The van der Waals surface area contributed by atoms with Crippen molar-refractivity contribution < 1.29 is 0 Å². The topological polar surface area (TPSA) is 50.2 Å². The summed E-state index contributed by atoms with van der Waals surface area (Å²) in [5.74, 6) is 1.53. The van der Waals surface area contributed by atoms with E-state index in [-0.39, 0.29) is 0 Å². The average Bonchev–Trinajstić information content (AvgIpc) is 3.19. The van der Waals surface area contributed by atoms with Crippen LogP contribution in [0, 0.1) is 6.92 Å². The standard InChI is InChI=1S/C19H18N4S/c1-12-8-9-15(10-12)22-23-18-16-11-17(14-6-4-3-5-7-14)24-19(16)21-13(2)20-18/h3-7,10-11H,8-9H2,1-2H3,(H,20,21,23)/b22-15-. The van der Waals surface area contributed by atoms with Crippen molar-refractivity contribution in [2.24, 2.45) is 5.10 Å². The van der Waals surface area contributed by atoms with E-state index < -0.39 is 0 Å². The third kappa shape index (κ3) is 2.95. The molecule has 1 aliphatic rings. The SMILES string of the molecule is CC1=C/C(=N\Nc2nc(C)nc3sc(-c4ccccc4)cc23)CC1. The van der Waals surface area contributed by atoms with Gasteiger partial charge in [-0.25, -0.2) is 9.97 Å². The van der Waals surface area contributed by atoms with E-state index in [2.05, 4.69) is 63.8 Å². The molecule has 0 spiro atoms. The second kappa shape index (κ2) is 6.17. The predicted molar refractivity (Wildman–Crippen MR) is 102 cm³/mol. The molecule has 24 heavy (non-hydrogen) atoms. The zero-order valence-electron chi connectivity index (χ0n) is 13.7. The van der Waals surface area contributed by atoms with Crippen molar-refractivity contribution in [3.63, 3.8) is 0 Å². The summed E-state index contributed by atoms with van der Waals surface area (Å²) in [5.41, 5.74) is 6.81. The number of thiophene rings is 1. The molecule has 0 atom stereocenters. The maximum absolute atomic E-state index is 4.58. The summed E-state index contributed by atoms with van der Waals surface area (Å²) in [4.78, 5) is 11.3. The number of nitrogens with one attached hydrogen (secondary N) is 1. The molecule has 2 aromatic heterocycles. The van der Waals surface area contributed by atoms with Crippen molar-refractivity contribution >= 4 is 33.1 Å². The van der Waals surface area contributed by atoms with Gasteiger partial charge in [-0.2, -0.15) is 5.10 Å². The number of hydrogen-bond donors (Lipinski definition) is 1. The minimum Gasteiger partial charge on any atom is -0.260 e. The zero-order valence-corrected chi connectivity index (χ0v) is 14.5. The van der Waals surface area contributed by atoms with Gasteiger partial charge in [0.25, 0.3) is 0 Å². The first-order valence-electron chi connectivity index (χ1n) is 8.02. The largest absolute Gasteiger partial charge is 0.260 e. The third-order valence-corrected chi connectivity index (χ3v) is 5.13. The summed E-state index contributed by atoms with van der Waals surface area (Å²) in [7, 11) is 0. The van der Waals surface area contributed by atoms with Crippen LogP contribution in [0.25, 0.3) is 20.7 Å². The molecular formula is C19H18N4S. The number of rotatable bonds is 3. The average molecular weight is 334 g/mol. The number of aryl methyl sites for hydroxylation is 1. The molecule has 4 nitrogen and oxygen atoms in total. The summed E-state index contributed by atoms with van der Waals surface area (Å²) in [6.45, 7) is 4.06. The second-order valence-corrected chi connectivity index (χ2v) is 7.05. The first-order valence-corrected chi connectivity index (χ1v) is 8.84. The zero-order chi connectivity index (χ0) is 16.5. The second-order valence-electron chi connectivity index (χ2n) is 6.02. The van der Waals surface area contributed by atoms with Crippen molar-refractivity contribution in [3.05, 3.63) is 53.9 Å². The van der Waals surface area contributed by atoms with E-state index in [9.17, 15) is 0 Å². The summed E-state index contributed by atoms with van der Waals surface area (Å²) in [6, 6.07) is 12.5. The van der Waals surface area contributed by atoms with Crippen LogP contribution in [0.1, 0.15) is 25.6 Å². The lowest BCUT2D eigenvalue weighted by Crippen LogP contribution is -2.00. The van der Waals surface area contributed by atoms with Crippen LogP contribution in [0.4, 0.5) is 5.82 Å². The molecular weight excluding hydrogens is 316 g/mol. The number of nitrogens with zero attached hydrogens (tertiary/aromatic N) is 3. The molecule has 0 unspecified atom stereocenters. The lowest BCUT2D eigenvalue weighted by Gasteiger charge is -2.03. The summed E-state index contributed by atoms with van der Waals surface area (Å²) < 4.78 is 0. The summed E-state index contributed by atoms with van der Waals surface area (Å²) >= 11 is 1.69. The normalized spacial score (nSPS) is 15.9. The Morgan fingerprint density at radius 1 is 1.08 bits per heavy atom. The van der Waals surface area contributed by atoms with E-state index in [4.69, 9.17) is 0 Å². The minimum atomic E-state index is 0.754. The van der Waals surface area contributed by atoms with E-state index >= 15 is 0 Å². The molecule has 0 radical (unpaired) electrons. The van der Waals surface area contributed by atoms with E-state index in [0.717, 1.165) is 40.4 Å². The molecule has 1 aromatic carbocycles. The Balaban J connectivity index is 1.74. The van der Waals surface area contributed by atoms with Gasteiger partial charge in [-0.1, -0.05) is 35.9 Å². The van der Waals surface area contributed by atoms with Crippen LogP contribution in [0.2, 0.25) is 0 Å². The highest BCUT2D eigenvalue weighted by Crippen LogP contribution is 2.35. The van der Waals surface area contributed by atoms with Gasteiger partial charge in [0.2, 0.25) is 0 Å². The van der Waals surface area contributed by atoms with Gasteiger partial charge in [0.15, 0.2) is 5.82 Å². The third-order valence-electron chi connectivity index (χ3n) is 4.06. The first-order chi connectivity index (χ1) is 11.7. The smallest absolute Gasteiger partial charge is 0.158 e. The highest BCUT2D eigenvalue weighted by Gasteiger charge is 2.12. The van der Waals surface area contributed by atoms with Crippen LogP contribution in [-0.2, 0) is 0 Å². The molecule has 0 aliphatic heterocycles. The quantitative estimate of drug-likeness (QED) is 0.672. The molecule has 1 aliphatic carbocycles. The van der Waals surface area contributed by atoms with Crippen molar-refractivity contribution in [1.82, 2.24) is 9.97 Å². The van der Waals surface area contributed by atoms with Gasteiger partial charge in [0.1, 0.15) is 10.7 Å².